The van der Waals surface area contributed by atoms with Crippen LogP contribution in [-0.4, -0.2) is 29.8 Å². The van der Waals surface area contributed by atoms with Crippen LogP contribution in [0, 0.1) is 0 Å². The van der Waals surface area contributed by atoms with Crippen LogP contribution in [0.3, 0.4) is 0 Å². The fourth-order valence-electron chi connectivity index (χ4n) is 3.56. The zero-order chi connectivity index (χ0) is 21.3. The summed E-state index contributed by atoms with van der Waals surface area (Å²) in [5.41, 5.74) is 1.42. The molecule has 0 radical (unpaired) electrons. The zero-order valence-corrected chi connectivity index (χ0v) is 19.0. The Labute approximate surface area is 178 Å². The molecule has 4 nitrogen and oxygen atoms in total. The molecular weight excluding hydrogens is 360 g/mol. The fraction of sp³-hybridized carbons (Fsp3) is 0.680. The predicted molar refractivity (Wildman–Crippen MR) is 123 cm³/mol. The number of carbonyl (C=O) groups is 2. The summed E-state index contributed by atoms with van der Waals surface area (Å²) in [6.45, 7) is 7.61. The Morgan fingerprint density at radius 2 is 1.21 bits per heavy atom. The van der Waals surface area contributed by atoms with Gasteiger partial charge in [-0.25, -0.2) is 0 Å². The number of nitrogens with one attached hydrogen (secondary N) is 1. The molecule has 1 N–H and O–H groups in total. The molecule has 0 aliphatic heterocycles. The molecule has 0 aliphatic carbocycles. The molecule has 29 heavy (non-hydrogen) atoms. The Bertz CT molecular complexity index is 565. The van der Waals surface area contributed by atoms with E-state index in [1.165, 1.54) is 57.8 Å². The minimum atomic E-state index is 0.0360. The molecule has 4 heteroatoms. The normalized spacial score (nSPS) is 10.7. The third-order valence-corrected chi connectivity index (χ3v) is 5.47. The highest BCUT2D eigenvalue weighted by molar-refractivity contribution is 5.95. The molecule has 0 unspecified atom stereocenters. The minimum Gasteiger partial charge on any atom is -0.339 e. The SMILES string of the molecule is CCCCCCCCCCCCCC(=O)Nc1ccc(C(=O)N(CC)CC)cc1. The molecular formula is C25H42N2O2. The standard InChI is InChI=1S/C25H42N2O2/c1-4-7-8-9-10-11-12-13-14-15-16-17-24(28)26-23-20-18-22(19-21-23)25(29)27(5-2)6-3/h18-21H,4-17H2,1-3H3,(H,26,28). The smallest absolute Gasteiger partial charge is 0.253 e. The number of hydrogen-bond acceptors (Lipinski definition) is 2. The highest BCUT2D eigenvalue weighted by atomic mass is 16.2. The van der Waals surface area contributed by atoms with Gasteiger partial charge in [0.25, 0.3) is 5.91 Å². The first-order chi connectivity index (χ1) is 14.1. The summed E-state index contributed by atoms with van der Waals surface area (Å²) in [6.07, 6.45) is 14.7. The molecule has 1 rings (SSSR count). The van der Waals surface area contributed by atoms with Crippen LogP contribution in [0.2, 0.25) is 0 Å². The quantitative estimate of drug-likeness (QED) is 0.309. The van der Waals surface area contributed by atoms with Gasteiger partial charge in [-0.15, -0.1) is 0 Å². The van der Waals surface area contributed by atoms with Crippen LogP contribution < -0.4 is 5.32 Å². The molecule has 0 spiro atoms. The van der Waals surface area contributed by atoms with Gasteiger partial charge in [0, 0.05) is 30.8 Å². The second kappa shape index (κ2) is 16.0. The molecule has 0 fully saturated rings. The summed E-state index contributed by atoms with van der Waals surface area (Å²) in [4.78, 5) is 26.2. The molecule has 0 aromatic heterocycles. The summed E-state index contributed by atoms with van der Waals surface area (Å²) < 4.78 is 0. The molecule has 0 bridgehead atoms. The van der Waals surface area contributed by atoms with Crippen LogP contribution in [0.25, 0.3) is 0 Å². The van der Waals surface area contributed by atoms with E-state index in [0.29, 0.717) is 25.1 Å². The zero-order valence-electron chi connectivity index (χ0n) is 19.0. The molecule has 164 valence electrons. The maximum absolute atomic E-state index is 12.3. The van der Waals surface area contributed by atoms with Crippen molar-refractivity contribution < 1.29 is 9.59 Å². The third-order valence-electron chi connectivity index (χ3n) is 5.47. The van der Waals surface area contributed by atoms with E-state index in [-0.39, 0.29) is 11.8 Å². The Morgan fingerprint density at radius 1 is 0.724 bits per heavy atom. The summed E-state index contributed by atoms with van der Waals surface area (Å²) in [7, 11) is 0. The molecule has 2 amide bonds. The van der Waals surface area contributed by atoms with Crippen LogP contribution in [-0.2, 0) is 4.79 Å². The van der Waals surface area contributed by atoms with Gasteiger partial charge in [0.2, 0.25) is 5.91 Å². The van der Waals surface area contributed by atoms with Gasteiger partial charge >= 0.3 is 0 Å². The van der Waals surface area contributed by atoms with E-state index in [1.54, 1.807) is 17.0 Å². The average molecular weight is 403 g/mol. The van der Waals surface area contributed by atoms with Crippen molar-refractivity contribution in [1.29, 1.82) is 0 Å². The number of nitrogens with zero attached hydrogens (tertiary/aromatic N) is 1. The van der Waals surface area contributed by atoms with E-state index < -0.39 is 0 Å². The summed E-state index contributed by atoms with van der Waals surface area (Å²) >= 11 is 0. The van der Waals surface area contributed by atoms with Gasteiger partial charge in [-0.05, 0) is 44.5 Å². The fourth-order valence-corrected chi connectivity index (χ4v) is 3.56. The monoisotopic (exact) mass is 402 g/mol. The van der Waals surface area contributed by atoms with E-state index in [1.807, 2.05) is 26.0 Å². The molecule has 0 heterocycles. The molecule has 0 saturated heterocycles. The van der Waals surface area contributed by atoms with Gasteiger partial charge in [-0.2, -0.15) is 0 Å². The third kappa shape index (κ3) is 11.1. The molecule has 0 saturated carbocycles. The maximum atomic E-state index is 12.3. The lowest BCUT2D eigenvalue weighted by Crippen LogP contribution is -2.30. The van der Waals surface area contributed by atoms with Crippen molar-refractivity contribution in [2.75, 3.05) is 18.4 Å². The van der Waals surface area contributed by atoms with Crippen LogP contribution in [0.4, 0.5) is 5.69 Å². The van der Waals surface area contributed by atoms with Gasteiger partial charge in [-0.3, -0.25) is 9.59 Å². The Hall–Kier alpha value is -1.84. The van der Waals surface area contributed by atoms with Crippen LogP contribution in [0.15, 0.2) is 24.3 Å². The number of hydrogen-bond donors (Lipinski definition) is 1. The predicted octanol–water partition coefficient (Wildman–Crippen LogP) is 6.81. The first kappa shape index (κ1) is 25.2. The lowest BCUT2D eigenvalue weighted by atomic mass is 10.1. The molecule has 0 atom stereocenters. The number of carbonyl (C=O) groups excluding carboxylic acids is 2. The lowest BCUT2D eigenvalue weighted by molar-refractivity contribution is -0.116. The Kier molecular flexibility index (Phi) is 13.9. The Balaban J connectivity index is 2.13. The van der Waals surface area contributed by atoms with Crippen molar-refractivity contribution in [3.63, 3.8) is 0 Å². The largest absolute Gasteiger partial charge is 0.339 e. The molecule has 1 aromatic carbocycles. The summed E-state index contributed by atoms with van der Waals surface area (Å²) in [5, 5.41) is 2.94. The highest BCUT2D eigenvalue weighted by Crippen LogP contribution is 2.14. The number of unbranched alkanes of at least 4 members (excludes halogenated alkanes) is 10. The van der Waals surface area contributed by atoms with E-state index in [9.17, 15) is 9.59 Å². The summed E-state index contributed by atoms with van der Waals surface area (Å²) in [5.74, 6) is 0.0950. The van der Waals surface area contributed by atoms with Gasteiger partial charge in [0.15, 0.2) is 0 Å². The maximum Gasteiger partial charge on any atom is 0.253 e. The number of benzene rings is 1. The lowest BCUT2D eigenvalue weighted by Gasteiger charge is -2.18. The first-order valence-corrected chi connectivity index (χ1v) is 11.8. The molecule has 0 aliphatic rings. The van der Waals surface area contributed by atoms with E-state index in [0.717, 1.165) is 18.5 Å². The summed E-state index contributed by atoms with van der Waals surface area (Å²) in [6, 6.07) is 7.21. The minimum absolute atomic E-state index is 0.0360. The van der Waals surface area contributed by atoms with Crippen LogP contribution >= 0.6 is 0 Å². The van der Waals surface area contributed by atoms with Gasteiger partial charge in [-0.1, -0.05) is 71.1 Å². The Morgan fingerprint density at radius 3 is 1.69 bits per heavy atom. The topological polar surface area (TPSA) is 49.4 Å². The van der Waals surface area contributed by atoms with Crippen molar-refractivity contribution in [1.82, 2.24) is 4.90 Å². The van der Waals surface area contributed by atoms with Crippen molar-refractivity contribution in [2.45, 2.75) is 97.8 Å². The van der Waals surface area contributed by atoms with Crippen molar-refractivity contribution >= 4 is 17.5 Å². The highest BCUT2D eigenvalue weighted by Gasteiger charge is 2.12. The first-order valence-electron chi connectivity index (χ1n) is 11.8. The van der Waals surface area contributed by atoms with Crippen molar-refractivity contribution in [3.05, 3.63) is 29.8 Å². The average Bonchev–Trinajstić information content (AvgIpc) is 2.73. The van der Waals surface area contributed by atoms with Gasteiger partial charge in [0.1, 0.15) is 0 Å². The number of anilines is 1. The number of rotatable bonds is 16. The van der Waals surface area contributed by atoms with Gasteiger partial charge < -0.3 is 10.2 Å². The van der Waals surface area contributed by atoms with Crippen molar-refractivity contribution in [3.8, 4) is 0 Å². The second-order valence-corrected chi connectivity index (χ2v) is 7.89. The van der Waals surface area contributed by atoms with E-state index in [2.05, 4.69) is 12.2 Å². The van der Waals surface area contributed by atoms with Crippen molar-refractivity contribution in [2.24, 2.45) is 0 Å². The number of amides is 2. The van der Waals surface area contributed by atoms with Gasteiger partial charge in [0.05, 0.1) is 0 Å². The second-order valence-electron chi connectivity index (χ2n) is 7.89. The van der Waals surface area contributed by atoms with Crippen LogP contribution in [0.5, 0.6) is 0 Å². The van der Waals surface area contributed by atoms with E-state index >= 15 is 0 Å². The van der Waals surface area contributed by atoms with E-state index in [4.69, 9.17) is 0 Å². The molecule has 1 aromatic rings. The van der Waals surface area contributed by atoms with Crippen LogP contribution in [0.1, 0.15) is 108 Å².